The fourth-order valence-electron chi connectivity index (χ4n) is 8.39. The van der Waals surface area contributed by atoms with Crippen LogP contribution in [0.5, 0.6) is 0 Å². The lowest BCUT2D eigenvalue weighted by atomic mass is 9.77. The van der Waals surface area contributed by atoms with Crippen molar-refractivity contribution in [1.29, 1.82) is 0 Å². The Bertz CT molecular complexity index is 1430. The molecule has 0 aromatic rings. The van der Waals surface area contributed by atoms with Gasteiger partial charge in [0, 0.05) is 13.0 Å². The summed E-state index contributed by atoms with van der Waals surface area (Å²) in [6.07, 6.45) is -11.7. The van der Waals surface area contributed by atoms with Crippen LogP contribution in [0.1, 0.15) is 6.92 Å². The molecule has 4 aliphatic carbocycles. The molecule has 6 rings (SSSR count). The van der Waals surface area contributed by atoms with Gasteiger partial charge < -0.3 is 9.47 Å². The summed E-state index contributed by atoms with van der Waals surface area (Å²) in [6, 6.07) is -2.03. The summed E-state index contributed by atoms with van der Waals surface area (Å²) in [6.45, 7) is 1.16. The summed E-state index contributed by atoms with van der Waals surface area (Å²) in [5, 5.41) is -13.9. The Morgan fingerprint density at radius 3 is 1.15 bits per heavy atom. The quantitative estimate of drug-likeness (QED) is 0.245. The molecule has 52 heavy (non-hydrogen) atoms. The minimum atomic E-state index is -2.43. The zero-order valence-electron chi connectivity index (χ0n) is 26.5. The molecule has 0 aromatic heterocycles. The third kappa shape index (κ3) is 6.47. The molecule has 4 amide bonds. The average molecular weight is 962 g/mol. The van der Waals surface area contributed by atoms with Gasteiger partial charge in [0.05, 0.1) is 107 Å². The number of carbonyl (C=O) groups is 4. The van der Waals surface area contributed by atoms with Crippen molar-refractivity contribution in [1.82, 2.24) is 9.80 Å². The predicted molar refractivity (Wildman–Crippen MR) is 195 cm³/mol. The predicted octanol–water partition coefficient (Wildman–Crippen LogP) is 6.08. The average Bonchev–Trinajstić information content (AvgIpc) is 3.50. The molecule has 0 bridgehead atoms. The number of alkyl halides is 14. The molecule has 2 saturated heterocycles. The van der Waals surface area contributed by atoms with Crippen molar-refractivity contribution < 1.29 is 41.8 Å². The van der Waals surface area contributed by atoms with E-state index in [-0.39, 0.29) is 0 Å². The number of ether oxygens (including phenoxy) is 2. The minimum absolute atomic E-state index is 0.403. The topological polar surface area (TPSA) is 93.2 Å². The molecule has 6 fully saturated rings. The van der Waals surface area contributed by atoms with E-state index in [2.05, 4.69) is 0 Å². The molecule has 8 nitrogen and oxygen atoms in total. The van der Waals surface area contributed by atoms with Crippen molar-refractivity contribution in [2.24, 2.45) is 29.6 Å². The van der Waals surface area contributed by atoms with Crippen LogP contribution in [-0.4, -0.2) is 149 Å². The van der Waals surface area contributed by atoms with Gasteiger partial charge in [-0.2, -0.15) is 0 Å². The van der Waals surface area contributed by atoms with Gasteiger partial charge in [0.1, 0.15) is 24.6 Å². The highest BCUT2D eigenvalue weighted by molar-refractivity contribution is 6.37. The van der Waals surface area contributed by atoms with E-state index >= 15 is 8.78 Å². The van der Waals surface area contributed by atoms with Gasteiger partial charge in [-0.1, -0.05) is 6.92 Å². The minimum Gasteiger partial charge on any atom is -0.369 e. The number of halogens is 14. The van der Waals surface area contributed by atoms with Gasteiger partial charge in [0.2, 0.25) is 23.6 Å². The third-order valence-corrected chi connectivity index (χ3v) is 17.6. The number of amides is 4. The van der Waals surface area contributed by atoms with Crippen LogP contribution in [0.2, 0.25) is 0 Å². The van der Waals surface area contributed by atoms with Crippen LogP contribution < -0.4 is 0 Å². The molecule has 22 heteroatoms. The first kappa shape index (κ1) is 42.8. The van der Waals surface area contributed by atoms with Crippen molar-refractivity contribution >= 4 is 151 Å². The Balaban J connectivity index is 1.20. The number of fused-ring (bicyclic) bond motifs is 2. The van der Waals surface area contributed by atoms with Gasteiger partial charge >= 0.3 is 0 Å². The Kier molecular flexibility index (Phi) is 12.9. The standard InChI is InChI=1S/C30H30Cl11F3N2O6/c1-3-19(42)18(41)21(44)22(20(3)43)46-29(49)5-7(30(46)50)11(34)24(13(36)9(5)32)52-26-16(39)14(37)25(15(38)17(26)40)51-23-10(33)6-4(8(31)12(23)35)27(47)45(2)28(6)48/h3-26H,1-2H3. The van der Waals surface area contributed by atoms with E-state index in [4.69, 9.17) is 137 Å². The van der Waals surface area contributed by atoms with Crippen molar-refractivity contribution in [3.63, 3.8) is 0 Å². The lowest BCUT2D eigenvalue weighted by molar-refractivity contribution is -0.150. The summed E-state index contributed by atoms with van der Waals surface area (Å²) in [5.74, 6) is -9.47. The number of rotatable bonds is 5. The Morgan fingerprint density at radius 2 is 0.750 bits per heavy atom. The van der Waals surface area contributed by atoms with Crippen molar-refractivity contribution in [3.05, 3.63) is 0 Å². The molecule has 6 aliphatic rings. The molecule has 0 radical (unpaired) electrons. The largest absolute Gasteiger partial charge is 0.369 e. The van der Waals surface area contributed by atoms with Crippen molar-refractivity contribution in [2.75, 3.05) is 7.05 Å². The van der Waals surface area contributed by atoms with E-state index in [9.17, 15) is 23.6 Å². The summed E-state index contributed by atoms with van der Waals surface area (Å²) in [5.41, 5.74) is 0. The van der Waals surface area contributed by atoms with E-state index in [1.165, 1.54) is 7.05 Å². The lowest BCUT2D eigenvalue weighted by Gasteiger charge is -2.49. The Labute approximate surface area is 352 Å². The van der Waals surface area contributed by atoms with Gasteiger partial charge in [0.25, 0.3) is 0 Å². The summed E-state index contributed by atoms with van der Waals surface area (Å²) in [4.78, 5) is 54.4. The SMILES string of the molecule is CC1C(F)C(Cl)C(F)C(N2C(=O)C3C(Cl)C(Cl)C(OC4C(Cl)C(Cl)C(OC5C(Cl)C(Cl)C6C(=O)N(C)C(=O)C6C5Cl)C(Cl)C4Cl)C(Cl)C3C2=O)C1F. The van der Waals surface area contributed by atoms with Crippen LogP contribution >= 0.6 is 128 Å². The first-order valence-corrected chi connectivity index (χ1v) is 20.9. The first-order valence-electron chi connectivity index (χ1n) is 16.1. The molecule has 4 saturated carbocycles. The molecule has 0 aromatic carbocycles. The third-order valence-electron chi connectivity index (χ3n) is 11.3. The van der Waals surface area contributed by atoms with Crippen molar-refractivity contribution in [2.45, 2.75) is 115 Å². The molecule has 2 heterocycles. The number of likely N-dealkylation sites (tertiary alicyclic amines) is 2. The molecular weight excluding hydrogens is 931 g/mol. The van der Waals surface area contributed by atoms with E-state index in [0.29, 0.717) is 4.90 Å². The molecule has 0 spiro atoms. The normalized spacial score (nSPS) is 55.5. The zero-order valence-corrected chi connectivity index (χ0v) is 34.8. The first-order chi connectivity index (χ1) is 24.2. The lowest BCUT2D eigenvalue weighted by Crippen LogP contribution is -2.64. The maximum absolute atomic E-state index is 15.4. The van der Waals surface area contributed by atoms with Gasteiger partial charge in [-0.05, 0) is 0 Å². The second-order valence-corrected chi connectivity index (χ2v) is 19.6. The van der Waals surface area contributed by atoms with Crippen molar-refractivity contribution in [3.8, 4) is 0 Å². The zero-order chi connectivity index (χ0) is 38.7. The second-order valence-electron chi connectivity index (χ2n) is 14.1. The van der Waals surface area contributed by atoms with E-state index < -0.39 is 161 Å². The smallest absolute Gasteiger partial charge is 0.235 e. The fraction of sp³-hybridized carbons (Fsp3) is 0.867. The molecule has 22 unspecified atom stereocenters. The molecule has 294 valence electrons. The van der Waals surface area contributed by atoms with E-state index in [1.807, 2.05) is 0 Å². The van der Waals surface area contributed by atoms with Gasteiger partial charge in [0.15, 0.2) is 0 Å². The second kappa shape index (κ2) is 15.7. The Morgan fingerprint density at radius 1 is 0.442 bits per heavy atom. The summed E-state index contributed by atoms with van der Waals surface area (Å²) < 4.78 is 57.8. The van der Waals surface area contributed by atoms with Gasteiger partial charge in [-0.25, -0.2) is 13.2 Å². The maximum atomic E-state index is 15.4. The van der Waals surface area contributed by atoms with Crippen LogP contribution in [0.3, 0.4) is 0 Å². The number of nitrogens with zero attached hydrogens (tertiary/aromatic N) is 2. The highest BCUT2D eigenvalue weighted by Gasteiger charge is 2.67. The fourth-order valence-corrected chi connectivity index (χ4v) is 13.0. The van der Waals surface area contributed by atoms with Gasteiger partial charge in [-0.3, -0.25) is 29.0 Å². The number of imide groups is 2. The summed E-state index contributed by atoms with van der Waals surface area (Å²) >= 11 is 73.3. The number of carbonyl (C=O) groups excluding carboxylic acids is 4. The number of hydrogen-bond donors (Lipinski definition) is 0. The molecule has 0 N–H and O–H groups in total. The maximum Gasteiger partial charge on any atom is 0.235 e. The summed E-state index contributed by atoms with van der Waals surface area (Å²) in [7, 11) is 1.32. The van der Waals surface area contributed by atoms with E-state index in [0.717, 1.165) is 11.8 Å². The Hall–Kier alpha value is 1.18. The highest BCUT2D eigenvalue weighted by atomic mass is 35.5. The van der Waals surface area contributed by atoms with Crippen LogP contribution in [0.15, 0.2) is 0 Å². The molecule has 22 atom stereocenters. The number of hydrogen-bond acceptors (Lipinski definition) is 6. The van der Waals surface area contributed by atoms with E-state index in [1.54, 1.807) is 0 Å². The van der Waals surface area contributed by atoms with Crippen LogP contribution in [0, 0.1) is 29.6 Å². The monoisotopic (exact) mass is 956 g/mol. The molecule has 2 aliphatic heterocycles. The molecular formula is C30H30Cl11F3N2O6. The van der Waals surface area contributed by atoms with Crippen LogP contribution in [-0.2, 0) is 28.7 Å². The van der Waals surface area contributed by atoms with Crippen LogP contribution in [0.4, 0.5) is 13.2 Å². The highest BCUT2D eigenvalue weighted by Crippen LogP contribution is 2.52. The van der Waals surface area contributed by atoms with Gasteiger partial charge in [-0.15, -0.1) is 128 Å². The van der Waals surface area contributed by atoms with Crippen LogP contribution in [0.25, 0.3) is 0 Å².